The second-order valence-corrected chi connectivity index (χ2v) is 5.92. The number of benzene rings is 2. The van der Waals surface area contributed by atoms with Gasteiger partial charge in [0.25, 0.3) is 5.91 Å². The van der Waals surface area contributed by atoms with E-state index >= 15 is 0 Å². The van der Waals surface area contributed by atoms with Crippen LogP contribution in [0.3, 0.4) is 0 Å². The van der Waals surface area contributed by atoms with Crippen LogP contribution in [0.25, 0.3) is 0 Å². The Hall–Kier alpha value is -3.03. The maximum Gasteiger partial charge on any atom is 0.417 e. The fraction of sp³-hybridized carbons (Fsp3) is 0.263. The van der Waals surface area contributed by atoms with Crippen LogP contribution in [0, 0.1) is 0 Å². The zero-order valence-electron chi connectivity index (χ0n) is 14.6. The van der Waals surface area contributed by atoms with Gasteiger partial charge in [-0.2, -0.15) is 13.2 Å². The van der Waals surface area contributed by atoms with Crippen molar-refractivity contribution in [2.75, 3.05) is 0 Å². The molecule has 0 spiro atoms. The molecule has 0 bridgehead atoms. The van der Waals surface area contributed by atoms with Gasteiger partial charge in [-0.15, -0.1) is 0 Å². The molecule has 144 valence electrons. The van der Waals surface area contributed by atoms with Gasteiger partial charge in [-0.25, -0.2) is 4.79 Å². The highest BCUT2D eigenvalue weighted by Crippen LogP contribution is 2.34. The standard InChI is InChI=1S/C19H18F3NO4/c1-11(13-6-4-3-5-7-13)23-17(25)12(2)27-18(26)15-10-14(24)8-9-16(15)19(20,21)22/h3-12,24H,1-2H3,(H,23,25)/t11-,12-/m0/s1. The summed E-state index contributed by atoms with van der Waals surface area (Å²) in [4.78, 5) is 24.3. The van der Waals surface area contributed by atoms with Crippen molar-refractivity contribution in [2.24, 2.45) is 0 Å². The van der Waals surface area contributed by atoms with E-state index in [1.807, 2.05) is 6.07 Å². The summed E-state index contributed by atoms with van der Waals surface area (Å²) in [5.41, 5.74) is -1.30. The molecule has 2 aromatic rings. The fourth-order valence-electron chi connectivity index (χ4n) is 2.38. The number of hydrogen-bond acceptors (Lipinski definition) is 4. The zero-order valence-corrected chi connectivity index (χ0v) is 14.6. The lowest BCUT2D eigenvalue weighted by Gasteiger charge is -2.19. The number of phenolic OH excluding ortho intramolecular Hbond substituents is 1. The number of amides is 1. The fourth-order valence-corrected chi connectivity index (χ4v) is 2.38. The third-order valence-corrected chi connectivity index (χ3v) is 3.84. The van der Waals surface area contributed by atoms with E-state index in [0.29, 0.717) is 12.1 Å². The molecule has 27 heavy (non-hydrogen) atoms. The number of halogens is 3. The second kappa shape index (κ2) is 8.11. The summed E-state index contributed by atoms with van der Waals surface area (Å²) in [6.45, 7) is 2.97. The third-order valence-electron chi connectivity index (χ3n) is 3.84. The Bertz CT molecular complexity index is 821. The van der Waals surface area contributed by atoms with Gasteiger partial charge in [-0.3, -0.25) is 4.79 Å². The van der Waals surface area contributed by atoms with Crippen molar-refractivity contribution < 1.29 is 32.6 Å². The molecule has 5 nitrogen and oxygen atoms in total. The Morgan fingerprint density at radius 2 is 1.70 bits per heavy atom. The van der Waals surface area contributed by atoms with Crippen molar-refractivity contribution in [3.63, 3.8) is 0 Å². The average Bonchev–Trinajstić information content (AvgIpc) is 2.61. The number of nitrogens with one attached hydrogen (secondary N) is 1. The monoisotopic (exact) mass is 381 g/mol. The molecule has 0 radical (unpaired) electrons. The zero-order chi connectivity index (χ0) is 20.2. The van der Waals surface area contributed by atoms with Gasteiger partial charge in [0.1, 0.15) is 5.75 Å². The van der Waals surface area contributed by atoms with Gasteiger partial charge < -0.3 is 15.2 Å². The van der Waals surface area contributed by atoms with Crippen molar-refractivity contribution in [3.05, 3.63) is 65.2 Å². The number of carbonyl (C=O) groups excluding carboxylic acids is 2. The predicted molar refractivity (Wildman–Crippen MR) is 91.0 cm³/mol. The van der Waals surface area contributed by atoms with Crippen LogP contribution in [0.5, 0.6) is 5.75 Å². The van der Waals surface area contributed by atoms with E-state index in [2.05, 4.69) is 5.32 Å². The van der Waals surface area contributed by atoms with Crippen LogP contribution in [0.4, 0.5) is 13.2 Å². The normalized spacial score (nSPS) is 13.5. The van der Waals surface area contributed by atoms with Crippen LogP contribution in [0.15, 0.2) is 48.5 Å². The Kier molecular flexibility index (Phi) is 6.09. The molecule has 0 aliphatic heterocycles. The summed E-state index contributed by atoms with van der Waals surface area (Å²) in [6, 6.07) is 10.7. The minimum absolute atomic E-state index is 0.383. The van der Waals surface area contributed by atoms with E-state index < -0.39 is 41.0 Å². The molecule has 2 atom stereocenters. The summed E-state index contributed by atoms with van der Waals surface area (Å²) >= 11 is 0. The van der Waals surface area contributed by atoms with Gasteiger partial charge in [0.15, 0.2) is 6.10 Å². The molecule has 0 heterocycles. The Morgan fingerprint density at radius 1 is 1.07 bits per heavy atom. The summed E-state index contributed by atoms with van der Waals surface area (Å²) in [5.74, 6) is -2.54. The lowest BCUT2D eigenvalue weighted by Crippen LogP contribution is -2.37. The first kappa shape index (κ1) is 20.3. The van der Waals surface area contributed by atoms with Gasteiger partial charge in [0.05, 0.1) is 17.2 Å². The van der Waals surface area contributed by atoms with Crippen molar-refractivity contribution in [1.82, 2.24) is 5.32 Å². The van der Waals surface area contributed by atoms with E-state index in [-0.39, 0.29) is 6.04 Å². The van der Waals surface area contributed by atoms with Crippen molar-refractivity contribution in [3.8, 4) is 5.75 Å². The van der Waals surface area contributed by atoms with Crippen LogP contribution in [0.2, 0.25) is 0 Å². The van der Waals surface area contributed by atoms with Crippen molar-refractivity contribution in [2.45, 2.75) is 32.2 Å². The van der Waals surface area contributed by atoms with Crippen LogP contribution >= 0.6 is 0 Å². The molecule has 2 N–H and O–H groups in total. The number of esters is 1. The number of rotatable bonds is 5. The molecule has 2 aromatic carbocycles. The average molecular weight is 381 g/mol. The molecule has 0 unspecified atom stereocenters. The largest absolute Gasteiger partial charge is 0.508 e. The van der Waals surface area contributed by atoms with E-state index in [9.17, 15) is 27.9 Å². The first-order valence-corrected chi connectivity index (χ1v) is 8.06. The van der Waals surface area contributed by atoms with Crippen molar-refractivity contribution >= 4 is 11.9 Å². The summed E-state index contributed by atoms with van der Waals surface area (Å²) in [6.07, 6.45) is -6.14. The van der Waals surface area contributed by atoms with Gasteiger partial charge in [-0.05, 0) is 37.6 Å². The molecular weight excluding hydrogens is 363 g/mol. The molecular formula is C19H18F3NO4. The predicted octanol–water partition coefficient (Wildman–Crippen LogP) is 3.83. The molecule has 0 aliphatic carbocycles. The van der Waals surface area contributed by atoms with E-state index in [1.165, 1.54) is 6.92 Å². The highest BCUT2D eigenvalue weighted by Gasteiger charge is 2.36. The molecule has 0 aliphatic rings. The van der Waals surface area contributed by atoms with Crippen molar-refractivity contribution in [1.29, 1.82) is 0 Å². The van der Waals surface area contributed by atoms with E-state index in [4.69, 9.17) is 4.74 Å². The molecule has 0 saturated carbocycles. The van der Waals surface area contributed by atoms with Gasteiger partial charge in [0.2, 0.25) is 0 Å². The highest BCUT2D eigenvalue weighted by molar-refractivity contribution is 5.94. The third kappa shape index (κ3) is 5.22. The maximum absolute atomic E-state index is 13.0. The Morgan fingerprint density at radius 3 is 2.30 bits per heavy atom. The van der Waals surface area contributed by atoms with E-state index in [0.717, 1.165) is 11.6 Å². The minimum atomic E-state index is -4.81. The highest BCUT2D eigenvalue weighted by atomic mass is 19.4. The van der Waals surface area contributed by atoms with Crippen LogP contribution in [-0.4, -0.2) is 23.1 Å². The Labute approximate surface area is 153 Å². The van der Waals surface area contributed by atoms with E-state index in [1.54, 1.807) is 31.2 Å². The minimum Gasteiger partial charge on any atom is -0.508 e. The molecule has 0 aromatic heterocycles. The smallest absolute Gasteiger partial charge is 0.417 e. The SMILES string of the molecule is C[C@H](OC(=O)c1cc(O)ccc1C(F)(F)F)C(=O)N[C@@H](C)c1ccccc1. The number of alkyl halides is 3. The summed E-state index contributed by atoms with van der Waals surface area (Å²) in [5, 5.41) is 12.0. The quantitative estimate of drug-likeness (QED) is 0.772. The van der Waals surface area contributed by atoms with Crippen LogP contribution < -0.4 is 5.32 Å². The first-order chi connectivity index (χ1) is 12.6. The Balaban J connectivity index is 2.09. The topological polar surface area (TPSA) is 75.6 Å². The summed E-state index contributed by atoms with van der Waals surface area (Å²) < 4.78 is 43.9. The first-order valence-electron chi connectivity index (χ1n) is 8.06. The van der Waals surface area contributed by atoms with Crippen LogP contribution in [-0.2, 0) is 15.7 Å². The number of aromatic hydroxyl groups is 1. The molecule has 1 amide bonds. The maximum atomic E-state index is 13.0. The molecule has 0 fully saturated rings. The number of hydrogen-bond donors (Lipinski definition) is 2. The molecule has 2 rings (SSSR count). The lowest BCUT2D eigenvalue weighted by atomic mass is 10.1. The van der Waals surface area contributed by atoms with Gasteiger partial charge in [0, 0.05) is 0 Å². The van der Waals surface area contributed by atoms with Gasteiger partial charge in [-0.1, -0.05) is 30.3 Å². The summed E-state index contributed by atoms with van der Waals surface area (Å²) in [7, 11) is 0. The number of carbonyl (C=O) groups is 2. The van der Waals surface area contributed by atoms with Crippen LogP contribution in [0.1, 0.15) is 41.4 Å². The number of phenols is 1. The molecule has 0 saturated heterocycles. The number of ether oxygens (including phenoxy) is 1. The second-order valence-electron chi connectivity index (χ2n) is 5.92. The van der Waals surface area contributed by atoms with Gasteiger partial charge >= 0.3 is 12.1 Å². The molecule has 8 heteroatoms. The lowest BCUT2D eigenvalue weighted by molar-refractivity contribution is -0.138.